The fraction of sp³-hybridized carbons (Fsp3) is 0.406. The SMILES string of the molecule is CCCCCCCCCOCCC[P+](c1ccccc1)(c1ccccc1)c1ccccc1.CNC=O.[Br-]. The molecule has 0 radical (unpaired) electrons. The van der Waals surface area contributed by atoms with Crippen molar-refractivity contribution in [2.24, 2.45) is 0 Å². The molecule has 0 heterocycles. The van der Waals surface area contributed by atoms with Crippen molar-refractivity contribution in [2.75, 3.05) is 26.4 Å². The van der Waals surface area contributed by atoms with Gasteiger partial charge in [0.05, 0.1) is 12.8 Å². The van der Waals surface area contributed by atoms with Gasteiger partial charge in [0.25, 0.3) is 0 Å². The van der Waals surface area contributed by atoms with Gasteiger partial charge in [-0.15, -0.1) is 0 Å². The van der Waals surface area contributed by atoms with E-state index >= 15 is 0 Å². The molecule has 3 rings (SSSR count). The fourth-order valence-corrected chi connectivity index (χ4v) is 8.86. The maximum atomic E-state index is 9.06. The second kappa shape index (κ2) is 21.0. The number of amides is 1. The Bertz CT molecular complexity index is 829. The second-order valence-corrected chi connectivity index (χ2v) is 12.6. The number of hydrogen-bond acceptors (Lipinski definition) is 2. The van der Waals surface area contributed by atoms with Crippen LogP contribution in [0.15, 0.2) is 91.0 Å². The molecule has 5 heteroatoms. The van der Waals surface area contributed by atoms with Crippen LogP contribution in [0.1, 0.15) is 58.3 Å². The lowest BCUT2D eigenvalue weighted by Gasteiger charge is -2.27. The summed E-state index contributed by atoms with van der Waals surface area (Å²) in [5, 5.41) is 6.64. The molecule has 37 heavy (non-hydrogen) atoms. The smallest absolute Gasteiger partial charge is 0.206 e. The molecule has 0 bridgehead atoms. The molecule has 0 spiro atoms. The van der Waals surface area contributed by atoms with E-state index < -0.39 is 7.26 Å². The van der Waals surface area contributed by atoms with Gasteiger partial charge in [0.2, 0.25) is 6.41 Å². The molecule has 0 unspecified atom stereocenters. The zero-order valence-electron chi connectivity index (χ0n) is 22.7. The van der Waals surface area contributed by atoms with E-state index in [2.05, 4.69) is 103 Å². The van der Waals surface area contributed by atoms with Gasteiger partial charge in [-0.25, -0.2) is 0 Å². The molecule has 3 aromatic rings. The number of rotatable bonds is 16. The number of carbonyl (C=O) groups excluding carboxylic acids is 1. The third kappa shape index (κ3) is 11.5. The summed E-state index contributed by atoms with van der Waals surface area (Å²) in [6.45, 7) is 4.03. The lowest BCUT2D eigenvalue weighted by atomic mass is 10.1. The maximum absolute atomic E-state index is 9.06. The highest BCUT2D eigenvalue weighted by Crippen LogP contribution is 2.55. The average molecular weight is 587 g/mol. The molecular weight excluding hydrogens is 541 g/mol. The van der Waals surface area contributed by atoms with Gasteiger partial charge in [-0.1, -0.05) is 100 Å². The fourth-order valence-electron chi connectivity index (χ4n) is 4.55. The molecule has 0 atom stereocenters. The van der Waals surface area contributed by atoms with Crippen LogP contribution in [0, 0.1) is 0 Å². The Morgan fingerprint density at radius 2 is 1.03 bits per heavy atom. The maximum Gasteiger partial charge on any atom is 0.206 e. The zero-order valence-corrected chi connectivity index (χ0v) is 25.1. The minimum atomic E-state index is -1.71. The van der Waals surface area contributed by atoms with Gasteiger partial charge in [-0.3, -0.25) is 4.79 Å². The van der Waals surface area contributed by atoms with Gasteiger partial charge < -0.3 is 27.0 Å². The Balaban J connectivity index is 0.00000127. The van der Waals surface area contributed by atoms with Gasteiger partial charge in [0.1, 0.15) is 23.2 Å². The molecule has 0 aliphatic heterocycles. The van der Waals surface area contributed by atoms with Gasteiger partial charge in [-0.2, -0.15) is 0 Å². The lowest BCUT2D eigenvalue weighted by Crippen LogP contribution is -3.00. The highest BCUT2D eigenvalue weighted by Gasteiger charge is 2.44. The topological polar surface area (TPSA) is 38.3 Å². The van der Waals surface area contributed by atoms with Crippen LogP contribution in [-0.2, 0) is 9.53 Å². The molecule has 1 N–H and O–H groups in total. The van der Waals surface area contributed by atoms with Crippen molar-refractivity contribution in [2.45, 2.75) is 58.3 Å². The first-order valence-corrected chi connectivity index (χ1v) is 15.5. The summed E-state index contributed by atoms with van der Waals surface area (Å²) >= 11 is 0. The van der Waals surface area contributed by atoms with E-state index in [1.807, 2.05) is 0 Å². The van der Waals surface area contributed by atoms with E-state index in [0.29, 0.717) is 6.41 Å². The Kier molecular flexibility index (Phi) is 18.7. The van der Waals surface area contributed by atoms with E-state index in [1.54, 1.807) is 7.05 Å². The first-order valence-electron chi connectivity index (χ1n) is 13.5. The van der Waals surface area contributed by atoms with Crippen molar-refractivity contribution in [3.8, 4) is 0 Å². The summed E-state index contributed by atoms with van der Waals surface area (Å²) in [5.41, 5.74) is 0. The van der Waals surface area contributed by atoms with Crippen molar-refractivity contribution >= 4 is 29.6 Å². The zero-order chi connectivity index (χ0) is 25.7. The van der Waals surface area contributed by atoms with Crippen LogP contribution in [0.5, 0.6) is 0 Å². The number of ether oxygens (including phenoxy) is 1. The van der Waals surface area contributed by atoms with Crippen LogP contribution in [-0.4, -0.2) is 32.8 Å². The number of carbonyl (C=O) groups is 1. The largest absolute Gasteiger partial charge is 1.00 e. The molecule has 0 fully saturated rings. The normalized spacial score (nSPS) is 10.5. The quantitative estimate of drug-likeness (QED) is 0.159. The van der Waals surface area contributed by atoms with Gasteiger partial charge in [-0.05, 0) is 42.8 Å². The third-order valence-electron chi connectivity index (χ3n) is 6.38. The predicted octanol–water partition coefficient (Wildman–Crippen LogP) is 3.50. The highest BCUT2D eigenvalue weighted by molar-refractivity contribution is 7.95. The van der Waals surface area contributed by atoms with E-state index in [4.69, 9.17) is 9.53 Å². The van der Waals surface area contributed by atoms with E-state index in [1.165, 1.54) is 60.9 Å². The molecule has 1 amide bonds. The van der Waals surface area contributed by atoms with Crippen molar-refractivity contribution < 1.29 is 26.5 Å². The first kappa shape index (κ1) is 33.0. The van der Waals surface area contributed by atoms with Crippen LogP contribution < -0.4 is 38.2 Å². The number of benzene rings is 3. The molecule has 3 nitrogen and oxygen atoms in total. The van der Waals surface area contributed by atoms with Gasteiger partial charge in [0.15, 0.2) is 0 Å². The Morgan fingerprint density at radius 3 is 1.43 bits per heavy atom. The summed E-state index contributed by atoms with van der Waals surface area (Å²) in [6, 6.07) is 33.5. The second-order valence-electron chi connectivity index (χ2n) is 9.03. The molecule has 0 aliphatic rings. The summed E-state index contributed by atoms with van der Waals surface area (Å²) < 4.78 is 6.08. The Morgan fingerprint density at radius 1 is 0.649 bits per heavy atom. The summed E-state index contributed by atoms with van der Waals surface area (Å²) in [5.74, 6) is 0. The van der Waals surface area contributed by atoms with E-state index in [-0.39, 0.29) is 17.0 Å². The number of nitrogens with one attached hydrogen (secondary N) is 1. The summed E-state index contributed by atoms with van der Waals surface area (Å²) in [6.07, 6.45) is 12.2. The predicted molar refractivity (Wildman–Crippen MR) is 159 cm³/mol. The van der Waals surface area contributed by atoms with Crippen molar-refractivity contribution in [3.63, 3.8) is 0 Å². The third-order valence-corrected chi connectivity index (χ3v) is 10.9. The van der Waals surface area contributed by atoms with Crippen molar-refractivity contribution in [1.29, 1.82) is 0 Å². The van der Waals surface area contributed by atoms with Crippen LogP contribution in [0.3, 0.4) is 0 Å². The van der Waals surface area contributed by atoms with E-state index in [0.717, 1.165) is 25.8 Å². The first-order chi connectivity index (χ1) is 17.8. The van der Waals surface area contributed by atoms with Crippen molar-refractivity contribution in [3.05, 3.63) is 91.0 Å². The highest BCUT2D eigenvalue weighted by atomic mass is 79.9. The summed E-state index contributed by atoms with van der Waals surface area (Å²) in [7, 11) is -0.148. The number of unbranched alkanes of at least 4 members (excludes halogenated alkanes) is 6. The molecule has 3 aromatic carbocycles. The van der Waals surface area contributed by atoms with Crippen LogP contribution in [0.4, 0.5) is 0 Å². The minimum Gasteiger partial charge on any atom is -1.00 e. The lowest BCUT2D eigenvalue weighted by molar-refractivity contribution is -0.109. The summed E-state index contributed by atoms with van der Waals surface area (Å²) in [4.78, 5) is 9.06. The number of hydrogen-bond donors (Lipinski definition) is 1. The molecule has 0 aromatic heterocycles. The molecular formula is C32H45BrNO2P. The van der Waals surface area contributed by atoms with Crippen LogP contribution in [0.25, 0.3) is 0 Å². The molecule has 0 aliphatic carbocycles. The molecule has 0 saturated carbocycles. The molecule has 0 saturated heterocycles. The van der Waals surface area contributed by atoms with Gasteiger partial charge in [0, 0.05) is 20.1 Å². The minimum absolute atomic E-state index is 0. The Hall–Kier alpha value is -2.00. The number of halogens is 1. The Labute approximate surface area is 236 Å². The molecule has 202 valence electrons. The van der Waals surface area contributed by atoms with Crippen LogP contribution >= 0.6 is 7.26 Å². The van der Waals surface area contributed by atoms with Crippen LogP contribution in [0.2, 0.25) is 0 Å². The van der Waals surface area contributed by atoms with Gasteiger partial charge >= 0.3 is 0 Å². The monoisotopic (exact) mass is 585 g/mol. The standard InChI is InChI=1S/C30H40OP.C2H5NO.BrH/c1-2-3-4-5-6-7-17-25-31-26-18-27-32(28-19-11-8-12-20-28,29-21-13-9-14-22-29)30-23-15-10-16-24-30;1-3-2-4;/h8-16,19-24H,2-7,17-18,25-27H2,1H3;2H,1H3,(H,3,4);1H/q+1;;/p-1. The van der Waals surface area contributed by atoms with Crippen molar-refractivity contribution in [1.82, 2.24) is 5.32 Å². The average Bonchev–Trinajstić information content (AvgIpc) is 2.95. The van der Waals surface area contributed by atoms with E-state index in [9.17, 15) is 0 Å².